The van der Waals surface area contributed by atoms with Crippen LogP contribution in [0.1, 0.15) is 0 Å². The van der Waals surface area contributed by atoms with Crippen LogP contribution in [0.2, 0.25) is 0 Å². The molecule has 0 aliphatic carbocycles. The summed E-state index contributed by atoms with van der Waals surface area (Å²) in [5.41, 5.74) is 0.257. The van der Waals surface area contributed by atoms with Gasteiger partial charge in [-0.2, -0.15) is 0 Å². The van der Waals surface area contributed by atoms with Crippen LogP contribution < -0.4 is 0 Å². The first-order chi connectivity index (χ1) is 6.63. The highest BCUT2D eigenvalue weighted by Gasteiger charge is 2.45. The lowest BCUT2D eigenvalue weighted by Crippen LogP contribution is -2.50. The smallest absolute Gasteiger partial charge is 0.331 e. The summed E-state index contributed by atoms with van der Waals surface area (Å²) in [5.74, 6) is -0.620. The molecule has 6 nitrogen and oxygen atoms in total. The maximum Gasteiger partial charge on any atom is 0.331 e. The quantitative estimate of drug-likeness (QED) is 0.422. The molecule has 14 heavy (non-hydrogen) atoms. The third-order valence-electron chi connectivity index (χ3n) is 2.30. The predicted octanol–water partition coefficient (Wildman–Crippen LogP) is -2.09. The van der Waals surface area contributed by atoms with Crippen LogP contribution in [0.25, 0.3) is 0 Å². The Balaban J connectivity index is 2.25. The van der Waals surface area contributed by atoms with Gasteiger partial charge in [0.25, 0.3) is 0 Å². The SMILES string of the molecule is O=C1C=C2[C@@H](O1)C(O)O[C@H](CO)[C@H]2O. The number of fused-ring (bicyclic) bond motifs is 1. The van der Waals surface area contributed by atoms with Crippen molar-refractivity contribution in [3.05, 3.63) is 11.6 Å². The number of carbonyl (C=O) groups is 1. The maximum atomic E-state index is 10.9. The first-order valence-corrected chi connectivity index (χ1v) is 4.18. The standard InChI is InChI=1S/C8H10O6/c9-2-4-6(11)3-1-5(10)14-7(3)8(12)13-4/h1,4,6-9,11-12H,2H2/t4-,6+,7-,8?/m1/s1. The van der Waals surface area contributed by atoms with Crippen molar-refractivity contribution in [3.63, 3.8) is 0 Å². The number of esters is 1. The summed E-state index contributed by atoms with van der Waals surface area (Å²) in [6.45, 7) is -0.434. The Kier molecular flexibility index (Phi) is 2.28. The van der Waals surface area contributed by atoms with Gasteiger partial charge in [0.05, 0.1) is 6.61 Å². The lowest BCUT2D eigenvalue weighted by molar-refractivity contribution is -0.230. The normalized spacial score (nSPS) is 41.6. The lowest BCUT2D eigenvalue weighted by atomic mass is 9.97. The minimum atomic E-state index is -1.33. The number of carbonyl (C=O) groups excluding carboxylic acids is 1. The summed E-state index contributed by atoms with van der Waals surface area (Å²) < 4.78 is 9.54. The highest BCUT2D eigenvalue weighted by atomic mass is 16.7. The number of aliphatic hydroxyl groups is 3. The third-order valence-corrected chi connectivity index (χ3v) is 2.30. The molecule has 0 aromatic rings. The predicted molar refractivity (Wildman–Crippen MR) is 41.9 cm³/mol. The third kappa shape index (κ3) is 1.32. The summed E-state index contributed by atoms with van der Waals surface area (Å²) in [4.78, 5) is 10.9. The van der Waals surface area contributed by atoms with E-state index in [1.165, 1.54) is 0 Å². The molecule has 4 atom stereocenters. The Hall–Kier alpha value is -0.950. The van der Waals surface area contributed by atoms with Gasteiger partial charge in [0.2, 0.25) is 0 Å². The van der Waals surface area contributed by atoms with Crippen molar-refractivity contribution in [2.75, 3.05) is 6.61 Å². The molecule has 0 aromatic carbocycles. The molecule has 1 saturated heterocycles. The topological polar surface area (TPSA) is 96.2 Å². The molecule has 0 amide bonds. The first kappa shape index (κ1) is 9.60. The Morgan fingerprint density at radius 3 is 2.79 bits per heavy atom. The van der Waals surface area contributed by atoms with E-state index in [1.807, 2.05) is 0 Å². The molecule has 0 bridgehead atoms. The fourth-order valence-electron chi connectivity index (χ4n) is 1.60. The molecule has 2 aliphatic heterocycles. The van der Waals surface area contributed by atoms with Crippen molar-refractivity contribution in [3.8, 4) is 0 Å². The zero-order valence-corrected chi connectivity index (χ0v) is 7.16. The van der Waals surface area contributed by atoms with Crippen LogP contribution >= 0.6 is 0 Å². The Labute approximate surface area is 79.4 Å². The monoisotopic (exact) mass is 202 g/mol. The van der Waals surface area contributed by atoms with Crippen LogP contribution in [0.15, 0.2) is 11.6 Å². The van der Waals surface area contributed by atoms with Crippen LogP contribution in [-0.2, 0) is 14.3 Å². The summed E-state index contributed by atoms with van der Waals surface area (Å²) in [6.07, 6.45) is -3.18. The molecule has 78 valence electrons. The van der Waals surface area contributed by atoms with E-state index >= 15 is 0 Å². The molecule has 3 N–H and O–H groups in total. The molecule has 2 rings (SSSR count). The zero-order chi connectivity index (χ0) is 10.3. The molecular weight excluding hydrogens is 192 g/mol. The average Bonchev–Trinajstić information content (AvgIpc) is 2.54. The van der Waals surface area contributed by atoms with Gasteiger partial charge in [0, 0.05) is 11.6 Å². The van der Waals surface area contributed by atoms with Gasteiger partial charge in [0.1, 0.15) is 12.2 Å². The number of hydrogen-bond donors (Lipinski definition) is 3. The Morgan fingerprint density at radius 2 is 2.14 bits per heavy atom. The van der Waals surface area contributed by atoms with Gasteiger partial charge in [-0.25, -0.2) is 4.79 Å². The maximum absolute atomic E-state index is 10.9. The highest BCUT2D eigenvalue weighted by molar-refractivity contribution is 5.86. The number of hydrogen-bond acceptors (Lipinski definition) is 6. The molecule has 1 unspecified atom stereocenters. The molecule has 2 aliphatic rings. The highest BCUT2D eigenvalue weighted by Crippen LogP contribution is 2.30. The second-order valence-corrected chi connectivity index (χ2v) is 3.19. The molecule has 0 spiro atoms. The Bertz CT molecular complexity index is 286. The van der Waals surface area contributed by atoms with E-state index in [0.29, 0.717) is 0 Å². The molecule has 0 radical (unpaired) electrons. The van der Waals surface area contributed by atoms with Gasteiger partial charge >= 0.3 is 5.97 Å². The molecule has 2 heterocycles. The second-order valence-electron chi connectivity index (χ2n) is 3.19. The van der Waals surface area contributed by atoms with E-state index in [9.17, 15) is 15.0 Å². The molecule has 1 fully saturated rings. The lowest BCUT2D eigenvalue weighted by Gasteiger charge is -2.34. The van der Waals surface area contributed by atoms with E-state index in [-0.39, 0.29) is 5.57 Å². The van der Waals surface area contributed by atoms with Crippen molar-refractivity contribution in [1.82, 2.24) is 0 Å². The van der Waals surface area contributed by atoms with E-state index in [4.69, 9.17) is 14.6 Å². The van der Waals surface area contributed by atoms with Gasteiger partial charge < -0.3 is 24.8 Å². The van der Waals surface area contributed by atoms with Crippen LogP contribution in [0, 0.1) is 0 Å². The summed E-state index contributed by atoms with van der Waals surface area (Å²) in [6, 6.07) is 0. The van der Waals surface area contributed by atoms with Crippen molar-refractivity contribution < 1.29 is 29.6 Å². The minimum Gasteiger partial charge on any atom is -0.449 e. The van der Waals surface area contributed by atoms with E-state index < -0.39 is 37.2 Å². The fourth-order valence-corrected chi connectivity index (χ4v) is 1.60. The second kappa shape index (κ2) is 3.32. The summed E-state index contributed by atoms with van der Waals surface area (Å²) in [5, 5.41) is 27.7. The van der Waals surface area contributed by atoms with Gasteiger partial charge in [-0.15, -0.1) is 0 Å². The summed E-state index contributed by atoms with van der Waals surface area (Å²) >= 11 is 0. The van der Waals surface area contributed by atoms with Crippen molar-refractivity contribution in [2.45, 2.75) is 24.6 Å². The largest absolute Gasteiger partial charge is 0.449 e. The van der Waals surface area contributed by atoms with Crippen LogP contribution in [0.4, 0.5) is 0 Å². The van der Waals surface area contributed by atoms with E-state index in [1.54, 1.807) is 0 Å². The number of ether oxygens (including phenoxy) is 2. The van der Waals surface area contributed by atoms with Gasteiger partial charge in [-0.3, -0.25) is 0 Å². The van der Waals surface area contributed by atoms with Crippen LogP contribution in [0.3, 0.4) is 0 Å². The average molecular weight is 202 g/mol. The minimum absolute atomic E-state index is 0.257. The molecule has 0 aromatic heterocycles. The van der Waals surface area contributed by atoms with Crippen LogP contribution in [-0.4, -0.2) is 52.5 Å². The zero-order valence-electron chi connectivity index (χ0n) is 7.16. The fraction of sp³-hybridized carbons (Fsp3) is 0.625. The number of rotatable bonds is 1. The Morgan fingerprint density at radius 1 is 1.43 bits per heavy atom. The molecule has 0 saturated carbocycles. The van der Waals surface area contributed by atoms with Crippen LogP contribution in [0.5, 0.6) is 0 Å². The number of aliphatic hydroxyl groups excluding tert-OH is 3. The summed E-state index contributed by atoms with van der Waals surface area (Å²) in [7, 11) is 0. The first-order valence-electron chi connectivity index (χ1n) is 4.18. The van der Waals surface area contributed by atoms with Crippen molar-refractivity contribution >= 4 is 5.97 Å². The van der Waals surface area contributed by atoms with E-state index in [2.05, 4.69) is 0 Å². The van der Waals surface area contributed by atoms with E-state index in [0.717, 1.165) is 6.08 Å². The van der Waals surface area contributed by atoms with Crippen molar-refractivity contribution in [2.24, 2.45) is 0 Å². The van der Waals surface area contributed by atoms with Gasteiger partial charge in [-0.1, -0.05) is 0 Å². The van der Waals surface area contributed by atoms with Crippen molar-refractivity contribution in [1.29, 1.82) is 0 Å². The van der Waals surface area contributed by atoms with Gasteiger partial charge in [-0.05, 0) is 0 Å². The van der Waals surface area contributed by atoms with Gasteiger partial charge in [0.15, 0.2) is 12.4 Å². The molecule has 6 heteroatoms. The molecular formula is C8H10O6.